The fraction of sp³-hybridized carbons (Fsp3) is 0.636. The van der Waals surface area contributed by atoms with Crippen LogP contribution in [0.5, 0.6) is 0 Å². The highest BCUT2D eigenvalue weighted by atomic mass is 19.3. The normalized spacial score (nSPS) is 35.7. The van der Waals surface area contributed by atoms with Crippen molar-refractivity contribution in [3.63, 3.8) is 0 Å². The topological polar surface area (TPSA) is 29.0 Å². The second kappa shape index (κ2) is 2.90. The van der Waals surface area contributed by atoms with E-state index in [1.165, 1.54) is 0 Å². The Morgan fingerprint density at radius 2 is 2.06 bits per heavy atom. The molecule has 16 heavy (non-hydrogen) atoms. The highest BCUT2D eigenvalue weighted by Gasteiger charge is 2.78. The molecule has 3 nitrogen and oxygen atoms in total. The van der Waals surface area contributed by atoms with Crippen LogP contribution in [0.3, 0.4) is 0 Å². The van der Waals surface area contributed by atoms with Crippen LogP contribution >= 0.6 is 0 Å². The Labute approximate surface area is 92.5 Å². The minimum Gasteiger partial charge on any atom is -0.340 e. The molecule has 1 aliphatic heterocycles. The standard InChI is InChI=1S/C11H13F2N3/c1-10-3-6-16(7-8(10)11(10,12)13)9-14-4-2-5-15-9/h2,4-5,8H,3,6-7H2,1H3/t8-,10+/m1/s1. The van der Waals surface area contributed by atoms with Gasteiger partial charge in [-0.15, -0.1) is 0 Å². The second-order valence-corrected chi connectivity index (χ2v) is 4.84. The van der Waals surface area contributed by atoms with Crippen LogP contribution in [-0.2, 0) is 0 Å². The molecule has 1 aromatic rings. The first kappa shape index (κ1) is 9.93. The molecule has 0 amide bonds. The Hall–Kier alpha value is -1.26. The zero-order valence-electron chi connectivity index (χ0n) is 9.03. The minimum absolute atomic E-state index is 0.369. The van der Waals surface area contributed by atoms with Gasteiger partial charge in [0.05, 0.1) is 5.92 Å². The lowest BCUT2D eigenvalue weighted by molar-refractivity contribution is 0.0636. The molecule has 0 N–H and O–H groups in total. The molecule has 1 aliphatic carbocycles. The number of rotatable bonds is 1. The third-order valence-corrected chi connectivity index (χ3v) is 4.02. The number of anilines is 1. The molecular weight excluding hydrogens is 212 g/mol. The molecule has 0 unspecified atom stereocenters. The fourth-order valence-corrected chi connectivity index (χ4v) is 2.65. The predicted octanol–water partition coefficient (Wildman–Crippen LogP) is 1.96. The Balaban J connectivity index is 1.80. The average Bonchev–Trinajstić information content (AvgIpc) is 2.74. The zero-order valence-corrected chi connectivity index (χ0v) is 9.03. The summed E-state index contributed by atoms with van der Waals surface area (Å²) in [4.78, 5) is 10.0. The number of hydrogen-bond donors (Lipinski definition) is 0. The molecule has 0 spiro atoms. The number of piperidine rings is 1. The lowest BCUT2D eigenvalue weighted by atomic mass is 9.98. The molecule has 2 aliphatic rings. The third kappa shape index (κ3) is 1.11. The van der Waals surface area contributed by atoms with Crippen LogP contribution < -0.4 is 4.90 Å². The molecule has 0 radical (unpaired) electrons. The minimum atomic E-state index is -2.50. The van der Waals surface area contributed by atoms with E-state index in [0.717, 1.165) is 0 Å². The van der Waals surface area contributed by atoms with Crippen LogP contribution in [0.25, 0.3) is 0 Å². The molecule has 3 rings (SSSR count). The summed E-state index contributed by atoms with van der Waals surface area (Å²) in [5.74, 6) is -2.47. The van der Waals surface area contributed by atoms with Gasteiger partial charge in [0.25, 0.3) is 5.92 Å². The number of aromatic nitrogens is 2. The van der Waals surface area contributed by atoms with Crippen molar-refractivity contribution in [3.8, 4) is 0 Å². The van der Waals surface area contributed by atoms with E-state index in [1.807, 2.05) is 4.90 Å². The summed E-state index contributed by atoms with van der Waals surface area (Å²) in [6, 6.07) is 1.73. The van der Waals surface area contributed by atoms with E-state index in [9.17, 15) is 8.78 Å². The molecule has 0 aromatic carbocycles. The van der Waals surface area contributed by atoms with Crippen molar-refractivity contribution in [3.05, 3.63) is 18.5 Å². The monoisotopic (exact) mass is 225 g/mol. The molecule has 1 aromatic heterocycles. The molecule has 1 saturated carbocycles. The molecule has 2 atom stereocenters. The Bertz CT molecular complexity index is 409. The van der Waals surface area contributed by atoms with E-state index >= 15 is 0 Å². The average molecular weight is 225 g/mol. The molecular formula is C11H13F2N3. The smallest absolute Gasteiger partial charge is 0.259 e. The molecule has 1 saturated heterocycles. The van der Waals surface area contributed by atoms with Crippen LogP contribution in [0.15, 0.2) is 18.5 Å². The first-order valence-corrected chi connectivity index (χ1v) is 5.45. The van der Waals surface area contributed by atoms with Gasteiger partial charge in [-0.25, -0.2) is 18.7 Å². The lowest BCUT2D eigenvalue weighted by Crippen LogP contribution is -2.35. The summed E-state index contributed by atoms with van der Waals surface area (Å²) in [5, 5.41) is 0. The number of alkyl halides is 2. The van der Waals surface area contributed by atoms with Crippen molar-refractivity contribution in [2.75, 3.05) is 18.0 Å². The highest BCUT2D eigenvalue weighted by molar-refractivity contribution is 5.35. The van der Waals surface area contributed by atoms with Gasteiger partial charge < -0.3 is 4.90 Å². The summed E-state index contributed by atoms with van der Waals surface area (Å²) in [7, 11) is 0. The van der Waals surface area contributed by atoms with Crippen molar-refractivity contribution in [2.24, 2.45) is 11.3 Å². The van der Waals surface area contributed by atoms with E-state index in [2.05, 4.69) is 9.97 Å². The summed E-state index contributed by atoms with van der Waals surface area (Å²) < 4.78 is 27.0. The van der Waals surface area contributed by atoms with Crippen LogP contribution in [0.2, 0.25) is 0 Å². The SMILES string of the molecule is C[C@]12CCN(c3ncccn3)C[C@H]1C2(F)F. The van der Waals surface area contributed by atoms with Gasteiger partial charge in [-0.1, -0.05) is 6.92 Å². The van der Waals surface area contributed by atoms with Crippen molar-refractivity contribution in [1.29, 1.82) is 0 Å². The Morgan fingerprint density at radius 1 is 1.38 bits per heavy atom. The Morgan fingerprint density at radius 3 is 2.69 bits per heavy atom. The van der Waals surface area contributed by atoms with Crippen molar-refractivity contribution in [2.45, 2.75) is 19.3 Å². The number of nitrogens with zero attached hydrogens (tertiary/aromatic N) is 3. The summed E-state index contributed by atoms with van der Waals surface area (Å²) in [5.41, 5.74) is -0.779. The van der Waals surface area contributed by atoms with Crippen molar-refractivity contribution >= 4 is 5.95 Å². The first-order chi connectivity index (χ1) is 7.56. The molecule has 0 bridgehead atoms. The van der Waals surface area contributed by atoms with Gasteiger partial charge in [0.1, 0.15) is 0 Å². The van der Waals surface area contributed by atoms with Crippen LogP contribution in [0.1, 0.15) is 13.3 Å². The molecule has 2 fully saturated rings. The maximum atomic E-state index is 13.5. The van der Waals surface area contributed by atoms with E-state index in [-0.39, 0.29) is 0 Å². The van der Waals surface area contributed by atoms with Crippen LogP contribution in [0, 0.1) is 11.3 Å². The summed E-state index contributed by atoms with van der Waals surface area (Å²) >= 11 is 0. The Kier molecular flexibility index (Phi) is 1.80. The zero-order chi connectivity index (χ0) is 11.4. The number of halogens is 2. The van der Waals surface area contributed by atoms with E-state index in [4.69, 9.17) is 0 Å². The largest absolute Gasteiger partial charge is 0.340 e. The van der Waals surface area contributed by atoms with Crippen molar-refractivity contribution in [1.82, 2.24) is 9.97 Å². The molecule has 5 heteroatoms. The van der Waals surface area contributed by atoms with Gasteiger partial charge in [0.15, 0.2) is 0 Å². The van der Waals surface area contributed by atoms with Gasteiger partial charge in [-0.05, 0) is 12.5 Å². The second-order valence-electron chi connectivity index (χ2n) is 4.84. The molecule has 86 valence electrons. The fourth-order valence-electron chi connectivity index (χ4n) is 2.65. The number of hydrogen-bond acceptors (Lipinski definition) is 3. The van der Waals surface area contributed by atoms with Gasteiger partial charge in [-0.2, -0.15) is 0 Å². The van der Waals surface area contributed by atoms with Gasteiger partial charge in [0.2, 0.25) is 5.95 Å². The van der Waals surface area contributed by atoms with Gasteiger partial charge >= 0.3 is 0 Å². The molecule has 2 heterocycles. The summed E-state index contributed by atoms with van der Waals surface area (Å²) in [6.07, 6.45) is 3.80. The third-order valence-electron chi connectivity index (χ3n) is 4.02. The van der Waals surface area contributed by atoms with E-state index in [1.54, 1.807) is 25.4 Å². The first-order valence-electron chi connectivity index (χ1n) is 5.45. The summed E-state index contributed by atoms with van der Waals surface area (Å²) in [6.45, 7) is 2.67. The van der Waals surface area contributed by atoms with E-state index in [0.29, 0.717) is 25.5 Å². The maximum absolute atomic E-state index is 13.5. The van der Waals surface area contributed by atoms with Crippen LogP contribution in [0.4, 0.5) is 14.7 Å². The highest BCUT2D eigenvalue weighted by Crippen LogP contribution is 2.69. The maximum Gasteiger partial charge on any atom is 0.259 e. The van der Waals surface area contributed by atoms with Crippen LogP contribution in [-0.4, -0.2) is 29.0 Å². The predicted molar refractivity (Wildman–Crippen MR) is 55.4 cm³/mol. The number of fused-ring (bicyclic) bond motifs is 1. The van der Waals surface area contributed by atoms with Gasteiger partial charge in [0, 0.05) is 30.9 Å². The van der Waals surface area contributed by atoms with E-state index < -0.39 is 17.3 Å². The van der Waals surface area contributed by atoms with Crippen molar-refractivity contribution < 1.29 is 8.78 Å². The lowest BCUT2D eigenvalue weighted by Gasteiger charge is -2.28. The van der Waals surface area contributed by atoms with Gasteiger partial charge in [-0.3, -0.25) is 0 Å². The quantitative estimate of drug-likeness (QED) is 0.731.